The molecule has 0 atom stereocenters. The molecule has 4 rings (SSSR count). The Bertz CT molecular complexity index is 933. The van der Waals surface area contributed by atoms with Crippen molar-refractivity contribution in [1.29, 1.82) is 0 Å². The summed E-state index contributed by atoms with van der Waals surface area (Å²) in [7, 11) is 0. The monoisotopic (exact) mass is 336 g/mol. The Morgan fingerprint density at radius 1 is 1.16 bits per heavy atom. The summed E-state index contributed by atoms with van der Waals surface area (Å²) in [6.45, 7) is 4.35. The molecule has 1 aromatic carbocycles. The van der Waals surface area contributed by atoms with Gasteiger partial charge in [-0.25, -0.2) is 9.50 Å². The highest BCUT2D eigenvalue weighted by atomic mass is 16.1. The number of imidazole rings is 1. The summed E-state index contributed by atoms with van der Waals surface area (Å²) in [5.74, 6) is 2.73. The maximum absolute atomic E-state index is 12.7. The van der Waals surface area contributed by atoms with Gasteiger partial charge in [-0.3, -0.25) is 4.79 Å². The number of aromatic nitrogens is 4. The average Bonchev–Trinajstić information content (AvgIpc) is 3.02. The lowest BCUT2D eigenvalue weighted by atomic mass is 9.83. The van der Waals surface area contributed by atoms with Crippen LogP contribution in [0.5, 0.6) is 0 Å². The van der Waals surface area contributed by atoms with E-state index in [4.69, 9.17) is 10.1 Å². The van der Waals surface area contributed by atoms with E-state index >= 15 is 0 Å². The normalized spacial score (nSPS) is 20.9. The molecule has 1 fully saturated rings. The predicted molar refractivity (Wildman–Crippen MR) is 98.8 cm³/mol. The van der Waals surface area contributed by atoms with Gasteiger partial charge in [0.25, 0.3) is 5.56 Å². The molecule has 25 heavy (non-hydrogen) atoms. The molecule has 0 unspecified atom stereocenters. The molecule has 2 heterocycles. The minimum atomic E-state index is -0.103. The van der Waals surface area contributed by atoms with Crippen LogP contribution in [-0.2, 0) is 6.42 Å². The molecule has 1 aliphatic rings. The number of rotatable bonds is 3. The Balaban J connectivity index is 1.88. The zero-order valence-electron chi connectivity index (χ0n) is 14.8. The van der Waals surface area contributed by atoms with Crippen molar-refractivity contribution in [3.8, 4) is 11.4 Å². The van der Waals surface area contributed by atoms with Crippen molar-refractivity contribution in [2.75, 3.05) is 0 Å². The van der Waals surface area contributed by atoms with Crippen LogP contribution in [0, 0.1) is 5.92 Å². The third kappa shape index (κ3) is 2.88. The van der Waals surface area contributed by atoms with Gasteiger partial charge in [-0.1, -0.05) is 57.0 Å². The fourth-order valence-corrected chi connectivity index (χ4v) is 3.85. The van der Waals surface area contributed by atoms with E-state index in [1.807, 2.05) is 41.8 Å². The third-order valence-electron chi connectivity index (χ3n) is 5.36. The number of hydrogen-bond donors (Lipinski definition) is 1. The first-order valence-corrected chi connectivity index (χ1v) is 9.24. The highest BCUT2D eigenvalue weighted by Gasteiger charge is 2.26. The molecule has 1 aliphatic carbocycles. The van der Waals surface area contributed by atoms with Gasteiger partial charge in [-0.2, -0.15) is 0 Å². The first-order chi connectivity index (χ1) is 12.2. The van der Waals surface area contributed by atoms with Crippen LogP contribution in [-0.4, -0.2) is 19.6 Å². The minimum Gasteiger partial charge on any atom is -0.303 e. The summed E-state index contributed by atoms with van der Waals surface area (Å²) in [5, 5.41) is 4.77. The number of nitrogens with one attached hydrogen (secondary N) is 1. The molecule has 0 saturated heterocycles. The van der Waals surface area contributed by atoms with E-state index in [2.05, 4.69) is 11.9 Å². The van der Waals surface area contributed by atoms with Gasteiger partial charge in [0.05, 0.1) is 5.69 Å². The summed E-state index contributed by atoms with van der Waals surface area (Å²) in [6.07, 6.45) is 5.42. The third-order valence-corrected chi connectivity index (χ3v) is 5.36. The molecule has 3 aromatic rings. The standard InChI is InChI=1S/C20H24N4O/c1-3-16-17-20(25)22-18(14-7-5-4-6-8-14)23-24(17)19(21-16)15-11-9-13(2)10-12-15/h4-8,13,15H,3,9-12H2,1-2H3,(H,22,23,25)/t13-,15+. The van der Waals surface area contributed by atoms with Gasteiger partial charge in [0.15, 0.2) is 11.3 Å². The van der Waals surface area contributed by atoms with Crippen LogP contribution in [0.3, 0.4) is 0 Å². The lowest BCUT2D eigenvalue weighted by molar-refractivity contribution is 0.337. The second-order valence-corrected chi connectivity index (χ2v) is 7.16. The summed E-state index contributed by atoms with van der Waals surface area (Å²) < 4.78 is 1.82. The van der Waals surface area contributed by atoms with Crippen molar-refractivity contribution >= 4 is 5.52 Å². The molecule has 0 bridgehead atoms. The molecule has 1 saturated carbocycles. The number of hydrogen-bond acceptors (Lipinski definition) is 3. The van der Waals surface area contributed by atoms with Crippen molar-refractivity contribution in [2.24, 2.45) is 5.92 Å². The molecule has 2 aromatic heterocycles. The number of fused-ring (bicyclic) bond motifs is 1. The molecular weight excluding hydrogens is 312 g/mol. The molecule has 0 aliphatic heterocycles. The number of benzene rings is 1. The number of aromatic amines is 1. The van der Waals surface area contributed by atoms with Gasteiger partial charge >= 0.3 is 0 Å². The summed E-state index contributed by atoms with van der Waals surface area (Å²) in [4.78, 5) is 20.5. The number of aryl methyl sites for hydroxylation is 1. The summed E-state index contributed by atoms with van der Waals surface area (Å²) >= 11 is 0. The Morgan fingerprint density at radius 2 is 1.88 bits per heavy atom. The minimum absolute atomic E-state index is 0.103. The van der Waals surface area contributed by atoms with E-state index in [1.165, 1.54) is 12.8 Å². The predicted octanol–water partition coefficient (Wildman–Crippen LogP) is 3.94. The highest BCUT2D eigenvalue weighted by Crippen LogP contribution is 2.35. The van der Waals surface area contributed by atoms with E-state index in [0.717, 1.165) is 42.3 Å². The summed E-state index contributed by atoms with van der Waals surface area (Å²) in [5.41, 5.74) is 2.27. The Labute approximate surface area is 147 Å². The van der Waals surface area contributed by atoms with E-state index in [9.17, 15) is 4.79 Å². The largest absolute Gasteiger partial charge is 0.303 e. The van der Waals surface area contributed by atoms with E-state index in [1.54, 1.807) is 0 Å². The zero-order valence-corrected chi connectivity index (χ0v) is 14.8. The van der Waals surface area contributed by atoms with E-state index < -0.39 is 0 Å². The van der Waals surface area contributed by atoms with E-state index in [0.29, 0.717) is 17.3 Å². The number of H-pyrrole nitrogens is 1. The van der Waals surface area contributed by atoms with Crippen LogP contribution in [0.25, 0.3) is 16.9 Å². The Morgan fingerprint density at radius 3 is 2.56 bits per heavy atom. The topological polar surface area (TPSA) is 63.1 Å². The zero-order chi connectivity index (χ0) is 17.4. The molecule has 130 valence electrons. The maximum Gasteiger partial charge on any atom is 0.277 e. The molecule has 5 heteroatoms. The molecule has 0 amide bonds. The van der Waals surface area contributed by atoms with Crippen LogP contribution < -0.4 is 5.56 Å². The molecular formula is C20H24N4O. The second-order valence-electron chi connectivity index (χ2n) is 7.16. The Hall–Kier alpha value is -2.43. The number of nitrogens with zero attached hydrogens (tertiary/aromatic N) is 3. The van der Waals surface area contributed by atoms with Gasteiger partial charge in [-0.05, 0) is 25.2 Å². The first kappa shape index (κ1) is 16.1. The van der Waals surface area contributed by atoms with Crippen molar-refractivity contribution in [3.05, 3.63) is 52.2 Å². The first-order valence-electron chi connectivity index (χ1n) is 9.24. The van der Waals surface area contributed by atoms with Crippen LogP contribution in [0.4, 0.5) is 0 Å². The van der Waals surface area contributed by atoms with Gasteiger partial charge in [0.2, 0.25) is 0 Å². The van der Waals surface area contributed by atoms with Crippen LogP contribution in [0.2, 0.25) is 0 Å². The average molecular weight is 336 g/mol. The summed E-state index contributed by atoms with van der Waals surface area (Å²) in [6, 6.07) is 9.79. The van der Waals surface area contributed by atoms with E-state index in [-0.39, 0.29) is 5.56 Å². The van der Waals surface area contributed by atoms with Crippen molar-refractivity contribution < 1.29 is 0 Å². The fourth-order valence-electron chi connectivity index (χ4n) is 3.85. The van der Waals surface area contributed by atoms with Crippen molar-refractivity contribution in [3.63, 3.8) is 0 Å². The van der Waals surface area contributed by atoms with Gasteiger partial charge in [0.1, 0.15) is 5.82 Å². The fraction of sp³-hybridized carbons (Fsp3) is 0.450. The highest BCUT2D eigenvalue weighted by molar-refractivity contribution is 5.58. The molecule has 0 spiro atoms. The SMILES string of the molecule is CCc1nc([C@H]2CC[C@@H](C)CC2)n2nc(-c3ccccc3)[nH]c(=O)c12. The van der Waals surface area contributed by atoms with Gasteiger partial charge in [-0.15, -0.1) is 5.10 Å². The van der Waals surface area contributed by atoms with Crippen molar-refractivity contribution in [2.45, 2.75) is 51.9 Å². The lowest BCUT2D eigenvalue weighted by Gasteiger charge is -2.24. The molecule has 0 radical (unpaired) electrons. The van der Waals surface area contributed by atoms with Gasteiger partial charge < -0.3 is 4.98 Å². The lowest BCUT2D eigenvalue weighted by Crippen LogP contribution is -2.18. The molecule has 5 nitrogen and oxygen atoms in total. The van der Waals surface area contributed by atoms with Gasteiger partial charge in [0, 0.05) is 11.5 Å². The maximum atomic E-state index is 12.7. The molecule has 1 N–H and O–H groups in total. The quantitative estimate of drug-likeness (QED) is 0.788. The smallest absolute Gasteiger partial charge is 0.277 e. The van der Waals surface area contributed by atoms with Crippen LogP contribution in [0.1, 0.15) is 57.0 Å². The Kier molecular flexibility index (Phi) is 4.15. The van der Waals surface area contributed by atoms with Crippen molar-refractivity contribution in [1.82, 2.24) is 19.6 Å². The van der Waals surface area contributed by atoms with Crippen LogP contribution in [0.15, 0.2) is 35.1 Å². The second kappa shape index (κ2) is 6.47. The van der Waals surface area contributed by atoms with Crippen LogP contribution >= 0.6 is 0 Å².